The maximum absolute atomic E-state index is 13.8. The zero-order valence-corrected chi connectivity index (χ0v) is 10.1. The van der Waals surface area contributed by atoms with Crippen molar-refractivity contribution in [3.8, 4) is 0 Å². The van der Waals surface area contributed by atoms with E-state index in [2.05, 4.69) is 0 Å². The van der Waals surface area contributed by atoms with E-state index in [4.69, 9.17) is 5.73 Å². The summed E-state index contributed by atoms with van der Waals surface area (Å²) in [7, 11) is 0. The summed E-state index contributed by atoms with van der Waals surface area (Å²) in [5.74, 6) is -0.358. The third kappa shape index (κ3) is 2.05. The molecule has 4 heteroatoms. The van der Waals surface area contributed by atoms with Gasteiger partial charge in [0.25, 0.3) is 0 Å². The van der Waals surface area contributed by atoms with Crippen LogP contribution in [0.3, 0.4) is 0 Å². The van der Waals surface area contributed by atoms with Gasteiger partial charge in [0.2, 0.25) is 5.91 Å². The molecule has 0 fully saturated rings. The molecule has 1 heterocycles. The van der Waals surface area contributed by atoms with Crippen molar-refractivity contribution in [2.45, 2.75) is 32.4 Å². The van der Waals surface area contributed by atoms with Crippen LogP contribution in [0.1, 0.15) is 31.0 Å². The molecule has 17 heavy (non-hydrogen) atoms. The number of hydrogen-bond acceptors (Lipinski definition) is 2. The molecule has 92 valence electrons. The Labute approximate surface area is 100 Å². The summed E-state index contributed by atoms with van der Waals surface area (Å²) in [4.78, 5) is 13.6. The summed E-state index contributed by atoms with van der Waals surface area (Å²) in [6, 6.07) is 4.30. The number of nitrogens with two attached hydrogens (primary N) is 1. The number of rotatable bonds is 1. The Morgan fingerprint density at radius 1 is 1.59 bits per heavy atom. The molecule has 3 nitrogen and oxygen atoms in total. The predicted molar refractivity (Wildman–Crippen MR) is 63.9 cm³/mol. The van der Waals surface area contributed by atoms with Crippen LogP contribution in [0.5, 0.6) is 0 Å². The Hall–Kier alpha value is -1.42. The largest absolute Gasteiger partial charge is 0.334 e. The van der Waals surface area contributed by atoms with Gasteiger partial charge in [-0.2, -0.15) is 0 Å². The van der Waals surface area contributed by atoms with E-state index in [-0.39, 0.29) is 17.8 Å². The first-order chi connectivity index (χ1) is 8.02. The van der Waals surface area contributed by atoms with E-state index in [0.717, 1.165) is 5.56 Å². The third-order valence-electron chi connectivity index (χ3n) is 3.32. The zero-order chi connectivity index (χ0) is 12.6. The number of benzene rings is 1. The van der Waals surface area contributed by atoms with Gasteiger partial charge < -0.3 is 10.6 Å². The molecule has 1 amide bonds. The molecule has 0 saturated carbocycles. The first kappa shape index (κ1) is 12.0. The third-order valence-corrected chi connectivity index (χ3v) is 3.32. The number of amides is 1. The van der Waals surface area contributed by atoms with E-state index in [0.29, 0.717) is 18.5 Å². The normalized spacial score (nSPS) is 20.9. The minimum atomic E-state index is -0.536. The lowest BCUT2D eigenvalue weighted by Crippen LogP contribution is -2.46. The van der Waals surface area contributed by atoms with Crippen molar-refractivity contribution in [1.82, 2.24) is 4.90 Å². The van der Waals surface area contributed by atoms with Gasteiger partial charge in [0, 0.05) is 12.1 Å². The average Bonchev–Trinajstić information content (AvgIpc) is 2.28. The minimum Gasteiger partial charge on any atom is -0.334 e. The zero-order valence-electron chi connectivity index (χ0n) is 10.1. The van der Waals surface area contributed by atoms with E-state index >= 15 is 0 Å². The smallest absolute Gasteiger partial charge is 0.239 e. The second-order valence-corrected chi connectivity index (χ2v) is 4.56. The molecule has 1 aliphatic heterocycles. The molecule has 1 aromatic rings. The van der Waals surface area contributed by atoms with Gasteiger partial charge in [-0.25, -0.2) is 4.39 Å². The average molecular weight is 236 g/mol. The van der Waals surface area contributed by atoms with Gasteiger partial charge in [0.15, 0.2) is 0 Å². The fraction of sp³-hybridized carbons (Fsp3) is 0.462. The molecule has 1 aliphatic rings. The van der Waals surface area contributed by atoms with Crippen molar-refractivity contribution in [3.63, 3.8) is 0 Å². The first-order valence-corrected chi connectivity index (χ1v) is 5.85. The fourth-order valence-electron chi connectivity index (χ4n) is 2.42. The summed E-state index contributed by atoms with van der Waals surface area (Å²) in [5, 5.41) is 0. The summed E-state index contributed by atoms with van der Waals surface area (Å²) in [5.41, 5.74) is 7.23. The van der Waals surface area contributed by atoms with Crippen LogP contribution in [-0.2, 0) is 11.2 Å². The van der Waals surface area contributed by atoms with Crippen molar-refractivity contribution in [1.29, 1.82) is 0 Å². The second kappa shape index (κ2) is 4.45. The molecule has 0 aliphatic carbocycles. The molecule has 1 aromatic carbocycles. The van der Waals surface area contributed by atoms with E-state index in [1.54, 1.807) is 17.9 Å². The van der Waals surface area contributed by atoms with E-state index < -0.39 is 6.04 Å². The molecule has 2 rings (SSSR count). The lowest BCUT2D eigenvalue weighted by atomic mass is 9.92. The topological polar surface area (TPSA) is 46.3 Å². The molecule has 0 unspecified atom stereocenters. The lowest BCUT2D eigenvalue weighted by Gasteiger charge is -2.36. The summed E-state index contributed by atoms with van der Waals surface area (Å²) >= 11 is 0. The van der Waals surface area contributed by atoms with Crippen LogP contribution >= 0.6 is 0 Å². The molecule has 2 atom stereocenters. The van der Waals surface area contributed by atoms with Gasteiger partial charge in [-0.15, -0.1) is 0 Å². The molecule has 0 aromatic heterocycles. The molecular weight excluding hydrogens is 219 g/mol. The van der Waals surface area contributed by atoms with Crippen LogP contribution < -0.4 is 5.73 Å². The number of carbonyl (C=O) groups excluding carboxylic acids is 1. The Kier molecular flexibility index (Phi) is 3.15. The number of fused-ring (bicyclic) bond motifs is 1. The molecular formula is C13H17FN2O. The highest BCUT2D eigenvalue weighted by atomic mass is 19.1. The highest BCUT2D eigenvalue weighted by Gasteiger charge is 2.30. The predicted octanol–water partition coefficient (Wildman–Crippen LogP) is 1.62. The highest BCUT2D eigenvalue weighted by Crippen LogP contribution is 2.31. The van der Waals surface area contributed by atoms with Crippen molar-refractivity contribution >= 4 is 5.91 Å². The molecule has 2 N–H and O–H groups in total. The Bertz CT molecular complexity index is 445. The first-order valence-electron chi connectivity index (χ1n) is 5.85. The Morgan fingerprint density at radius 3 is 2.94 bits per heavy atom. The quantitative estimate of drug-likeness (QED) is 0.805. The molecule has 0 spiro atoms. The molecule has 0 saturated heterocycles. The van der Waals surface area contributed by atoms with Crippen LogP contribution in [0.15, 0.2) is 18.2 Å². The number of halogens is 1. The van der Waals surface area contributed by atoms with Gasteiger partial charge in [0.1, 0.15) is 5.82 Å². The van der Waals surface area contributed by atoms with Gasteiger partial charge in [0.05, 0.1) is 12.1 Å². The standard InChI is InChI=1S/C13H17FN2O/c1-8(15)13(17)16-7-6-10-4-3-5-11(14)12(10)9(16)2/h3-5,8-9H,6-7,15H2,1-2H3/t8-,9+/m1/s1. The van der Waals surface area contributed by atoms with Gasteiger partial charge in [-0.3, -0.25) is 4.79 Å². The van der Waals surface area contributed by atoms with E-state index in [1.165, 1.54) is 6.07 Å². The van der Waals surface area contributed by atoms with Crippen LogP contribution in [-0.4, -0.2) is 23.4 Å². The van der Waals surface area contributed by atoms with Crippen LogP contribution in [0.2, 0.25) is 0 Å². The number of hydrogen-bond donors (Lipinski definition) is 1. The second-order valence-electron chi connectivity index (χ2n) is 4.56. The SMILES string of the molecule is C[C@@H](N)C(=O)N1CCc2cccc(F)c2[C@@H]1C. The monoisotopic (exact) mass is 236 g/mol. The molecule has 0 radical (unpaired) electrons. The van der Waals surface area contributed by atoms with Crippen molar-refractivity contribution in [2.24, 2.45) is 5.73 Å². The Morgan fingerprint density at radius 2 is 2.29 bits per heavy atom. The number of carbonyl (C=O) groups is 1. The van der Waals surface area contributed by atoms with Crippen molar-refractivity contribution in [2.75, 3.05) is 6.54 Å². The van der Waals surface area contributed by atoms with Crippen LogP contribution in [0.4, 0.5) is 4.39 Å². The van der Waals surface area contributed by atoms with Crippen molar-refractivity contribution in [3.05, 3.63) is 35.1 Å². The van der Waals surface area contributed by atoms with Gasteiger partial charge >= 0.3 is 0 Å². The van der Waals surface area contributed by atoms with E-state index in [9.17, 15) is 9.18 Å². The van der Waals surface area contributed by atoms with Crippen LogP contribution in [0, 0.1) is 5.82 Å². The van der Waals surface area contributed by atoms with Crippen molar-refractivity contribution < 1.29 is 9.18 Å². The maximum Gasteiger partial charge on any atom is 0.239 e. The fourth-order valence-corrected chi connectivity index (χ4v) is 2.42. The minimum absolute atomic E-state index is 0.119. The highest BCUT2D eigenvalue weighted by molar-refractivity contribution is 5.82. The van der Waals surface area contributed by atoms with Gasteiger partial charge in [-0.05, 0) is 31.9 Å². The summed E-state index contributed by atoms with van der Waals surface area (Å²) in [6.07, 6.45) is 0.690. The molecule has 0 bridgehead atoms. The van der Waals surface area contributed by atoms with Gasteiger partial charge in [-0.1, -0.05) is 12.1 Å². The summed E-state index contributed by atoms with van der Waals surface area (Å²) < 4.78 is 13.8. The van der Waals surface area contributed by atoms with E-state index in [1.807, 2.05) is 13.0 Å². The van der Waals surface area contributed by atoms with Crippen LogP contribution in [0.25, 0.3) is 0 Å². The lowest BCUT2D eigenvalue weighted by molar-refractivity contribution is -0.134. The summed E-state index contributed by atoms with van der Waals surface area (Å²) in [6.45, 7) is 4.12. The maximum atomic E-state index is 13.8. The Balaban J connectivity index is 2.36. The number of nitrogens with zero attached hydrogens (tertiary/aromatic N) is 1.